The van der Waals surface area contributed by atoms with E-state index in [0.717, 1.165) is 26.6 Å². The van der Waals surface area contributed by atoms with E-state index in [4.69, 9.17) is 9.15 Å². The van der Waals surface area contributed by atoms with Crippen LogP contribution in [0.2, 0.25) is 0 Å². The van der Waals surface area contributed by atoms with Crippen molar-refractivity contribution in [2.45, 2.75) is 9.79 Å². The fourth-order valence-electron chi connectivity index (χ4n) is 4.76. The van der Waals surface area contributed by atoms with Crippen molar-refractivity contribution in [2.75, 3.05) is 12.0 Å². The summed E-state index contributed by atoms with van der Waals surface area (Å²) in [5, 5.41) is 11.0. The van der Waals surface area contributed by atoms with Gasteiger partial charge in [0.2, 0.25) is 0 Å². The number of nitro groups is 1. The quantitative estimate of drug-likeness (QED) is 0.0764. The maximum atomic E-state index is 13.8. The largest absolute Gasteiger partial charge is 0.465 e. The fourth-order valence-corrected chi connectivity index (χ4v) is 5.57. The molecule has 0 fully saturated rings. The molecule has 0 N–H and O–H groups in total. The summed E-state index contributed by atoms with van der Waals surface area (Å²) in [6, 6.07) is 34.2. The molecule has 0 spiro atoms. The van der Waals surface area contributed by atoms with Gasteiger partial charge in [-0.2, -0.15) is 0 Å². The van der Waals surface area contributed by atoms with Crippen LogP contribution >= 0.6 is 11.8 Å². The molecule has 0 atom stereocenters. The monoisotopic (exact) mass is 600 g/mol. The number of amides is 1. The normalized spacial score (nSPS) is 13.7. The van der Waals surface area contributed by atoms with E-state index in [0.29, 0.717) is 28.3 Å². The number of hydrogen-bond donors (Lipinski definition) is 0. The minimum Gasteiger partial charge on any atom is -0.465 e. The van der Waals surface area contributed by atoms with Crippen LogP contribution in [0.4, 0.5) is 11.4 Å². The van der Waals surface area contributed by atoms with Crippen LogP contribution in [-0.4, -0.2) is 23.9 Å². The fraction of sp³-hybridized carbons (Fsp3) is 0.0286. The van der Waals surface area contributed by atoms with Crippen molar-refractivity contribution in [3.05, 3.63) is 154 Å². The van der Waals surface area contributed by atoms with Gasteiger partial charge in [-0.05, 0) is 78.4 Å². The van der Waals surface area contributed by atoms with Gasteiger partial charge in [-0.1, -0.05) is 54.2 Å². The Morgan fingerprint density at radius 3 is 2.14 bits per heavy atom. The van der Waals surface area contributed by atoms with Crippen LogP contribution in [0.5, 0.6) is 0 Å². The molecule has 1 amide bonds. The van der Waals surface area contributed by atoms with E-state index in [9.17, 15) is 19.7 Å². The van der Waals surface area contributed by atoms with E-state index in [1.54, 1.807) is 53.4 Å². The zero-order chi connectivity index (χ0) is 30.6. The van der Waals surface area contributed by atoms with E-state index >= 15 is 0 Å². The lowest BCUT2D eigenvalue weighted by atomic mass is 10.1. The molecule has 0 radical (unpaired) electrons. The molecule has 9 heteroatoms. The SMILES string of the molecule is COC(=O)c1ccc(-c2ccc(/C=C3\C=C(c4ccccc4)N(c4ccc(Sc5ccc([N+](=O)[O-])cc5)cc4)C3=O)o2)cc1. The van der Waals surface area contributed by atoms with Gasteiger partial charge in [-0.25, -0.2) is 4.79 Å². The van der Waals surface area contributed by atoms with Crippen molar-refractivity contribution in [1.29, 1.82) is 0 Å². The Balaban J connectivity index is 1.26. The van der Waals surface area contributed by atoms with Crippen LogP contribution in [0.25, 0.3) is 23.1 Å². The predicted octanol–water partition coefficient (Wildman–Crippen LogP) is 8.26. The van der Waals surface area contributed by atoms with Crippen molar-refractivity contribution in [2.24, 2.45) is 0 Å². The molecular formula is C35H24N2O6S. The average molecular weight is 601 g/mol. The van der Waals surface area contributed by atoms with Gasteiger partial charge in [0.05, 0.1) is 23.3 Å². The predicted molar refractivity (Wildman–Crippen MR) is 169 cm³/mol. The van der Waals surface area contributed by atoms with E-state index in [1.165, 1.54) is 31.0 Å². The lowest BCUT2D eigenvalue weighted by Gasteiger charge is -2.21. The molecular weight excluding hydrogens is 576 g/mol. The Labute approximate surface area is 257 Å². The topological polar surface area (TPSA) is 103 Å². The number of nitrogens with zero attached hydrogens (tertiary/aromatic N) is 2. The highest BCUT2D eigenvalue weighted by atomic mass is 32.2. The summed E-state index contributed by atoms with van der Waals surface area (Å²) in [5.74, 6) is 0.509. The second kappa shape index (κ2) is 12.3. The zero-order valence-corrected chi connectivity index (χ0v) is 24.2. The van der Waals surface area contributed by atoms with Crippen molar-refractivity contribution < 1.29 is 23.7 Å². The maximum Gasteiger partial charge on any atom is 0.337 e. The Morgan fingerprint density at radius 2 is 1.50 bits per heavy atom. The van der Waals surface area contributed by atoms with Crippen LogP contribution in [-0.2, 0) is 9.53 Å². The summed E-state index contributed by atoms with van der Waals surface area (Å²) >= 11 is 1.48. The molecule has 5 aromatic rings. The van der Waals surface area contributed by atoms with Gasteiger partial charge in [0.25, 0.3) is 11.6 Å². The zero-order valence-electron chi connectivity index (χ0n) is 23.4. The van der Waals surface area contributed by atoms with Gasteiger partial charge < -0.3 is 9.15 Å². The van der Waals surface area contributed by atoms with Crippen LogP contribution in [0, 0.1) is 10.1 Å². The van der Waals surface area contributed by atoms with E-state index in [1.807, 2.05) is 66.7 Å². The molecule has 44 heavy (non-hydrogen) atoms. The molecule has 8 nitrogen and oxygen atoms in total. The second-order valence-electron chi connectivity index (χ2n) is 9.75. The third kappa shape index (κ3) is 5.95. The number of carbonyl (C=O) groups is 2. The Bertz CT molecular complexity index is 1910. The van der Waals surface area contributed by atoms with Crippen LogP contribution in [0.3, 0.4) is 0 Å². The smallest absolute Gasteiger partial charge is 0.337 e. The van der Waals surface area contributed by atoms with Crippen molar-refractivity contribution in [3.63, 3.8) is 0 Å². The third-order valence-electron chi connectivity index (χ3n) is 6.95. The standard InChI is InChI=1S/C35H24N2O6S/c1-42-35(39)25-9-7-24(8-10-25)33-20-15-29(43-33)21-26-22-32(23-5-3-2-4-6-23)36(34(26)38)27-11-16-30(17-12-27)44-31-18-13-28(14-19-31)37(40)41/h2-22H,1H3/b26-21+. The Kier molecular flexibility index (Phi) is 7.94. The van der Waals surface area contributed by atoms with E-state index in [-0.39, 0.29) is 11.6 Å². The minimum atomic E-state index is -0.423. The van der Waals surface area contributed by atoms with Gasteiger partial charge in [0, 0.05) is 38.7 Å². The molecule has 0 saturated carbocycles. The molecule has 1 aliphatic rings. The van der Waals surface area contributed by atoms with Gasteiger partial charge in [0.15, 0.2) is 0 Å². The highest BCUT2D eigenvalue weighted by molar-refractivity contribution is 7.99. The highest BCUT2D eigenvalue weighted by Crippen LogP contribution is 2.37. The first-order chi connectivity index (χ1) is 21.4. The van der Waals surface area contributed by atoms with Crippen molar-refractivity contribution in [3.8, 4) is 11.3 Å². The first-order valence-corrected chi connectivity index (χ1v) is 14.4. The number of hydrogen-bond acceptors (Lipinski definition) is 7. The number of anilines is 1. The van der Waals surface area contributed by atoms with Gasteiger partial charge in [-0.15, -0.1) is 0 Å². The number of methoxy groups -OCH3 is 1. The number of carbonyl (C=O) groups excluding carboxylic acids is 2. The Morgan fingerprint density at radius 1 is 0.841 bits per heavy atom. The molecule has 1 aliphatic heterocycles. The van der Waals surface area contributed by atoms with Crippen LogP contribution < -0.4 is 4.90 Å². The number of benzene rings is 4. The molecule has 1 aromatic heterocycles. The minimum absolute atomic E-state index is 0.0430. The number of rotatable bonds is 8. The molecule has 6 rings (SSSR count). The van der Waals surface area contributed by atoms with Crippen molar-refractivity contribution >= 4 is 46.8 Å². The van der Waals surface area contributed by atoms with E-state index in [2.05, 4.69) is 0 Å². The molecule has 4 aromatic carbocycles. The average Bonchev–Trinajstić information content (AvgIpc) is 3.66. The molecule has 0 bridgehead atoms. The van der Waals surface area contributed by atoms with Crippen molar-refractivity contribution in [1.82, 2.24) is 0 Å². The Hall–Kier alpha value is -5.67. The summed E-state index contributed by atoms with van der Waals surface area (Å²) in [5.41, 5.74) is 4.07. The number of nitro benzene ring substituents is 1. The molecule has 0 aliphatic carbocycles. The number of furan rings is 1. The third-order valence-corrected chi connectivity index (χ3v) is 7.96. The van der Waals surface area contributed by atoms with Gasteiger partial charge in [0.1, 0.15) is 11.5 Å². The van der Waals surface area contributed by atoms with Gasteiger partial charge in [-0.3, -0.25) is 19.8 Å². The van der Waals surface area contributed by atoms with Crippen LogP contribution in [0.15, 0.2) is 141 Å². The summed E-state index contributed by atoms with van der Waals surface area (Å²) in [4.78, 5) is 39.6. The summed E-state index contributed by atoms with van der Waals surface area (Å²) < 4.78 is 10.8. The first-order valence-electron chi connectivity index (χ1n) is 13.5. The summed E-state index contributed by atoms with van der Waals surface area (Å²) in [7, 11) is 1.34. The molecule has 0 saturated heterocycles. The lowest BCUT2D eigenvalue weighted by molar-refractivity contribution is -0.384. The molecule has 216 valence electrons. The summed E-state index contributed by atoms with van der Waals surface area (Å²) in [6.07, 6.45) is 3.57. The number of ether oxygens (including phenoxy) is 1. The van der Waals surface area contributed by atoms with E-state index < -0.39 is 10.9 Å². The molecule has 0 unspecified atom stereocenters. The summed E-state index contributed by atoms with van der Waals surface area (Å²) in [6.45, 7) is 0. The van der Waals surface area contributed by atoms with Crippen LogP contribution in [0.1, 0.15) is 21.7 Å². The number of esters is 1. The molecule has 2 heterocycles. The number of non-ortho nitro benzene ring substituents is 1. The maximum absolute atomic E-state index is 13.8. The lowest BCUT2D eigenvalue weighted by Crippen LogP contribution is -2.24. The first kappa shape index (κ1) is 28.4. The second-order valence-corrected chi connectivity index (χ2v) is 10.9. The highest BCUT2D eigenvalue weighted by Gasteiger charge is 2.30. The van der Waals surface area contributed by atoms with Gasteiger partial charge >= 0.3 is 5.97 Å².